The summed E-state index contributed by atoms with van der Waals surface area (Å²) in [5, 5.41) is 5.97. The van der Waals surface area contributed by atoms with E-state index in [1.807, 2.05) is 22.9 Å². The van der Waals surface area contributed by atoms with Crippen molar-refractivity contribution in [2.45, 2.75) is 64.1 Å². The molecular weight excluding hydrogens is 385 g/mol. The van der Waals surface area contributed by atoms with Crippen molar-refractivity contribution in [3.05, 3.63) is 59.7 Å². The summed E-state index contributed by atoms with van der Waals surface area (Å²) in [4.78, 5) is 24.7. The fourth-order valence-corrected chi connectivity index (χ4v) is 4.07. The molecule has 1 aliphatic rings. The molecule has 1 aromatic heterocycles. The Morgan fingerprint density at radius 1 is 1.13 bits per heavy atom. The zero-order valence-electron chi connectivity index (χ0n) is 17.5. The summed E-state index contributed by atoms with van der Waals surface area (Å²) < 4.78 is 20.2. The summed E-state index contributed by atoms with van der Waals surface area (Å²) >= 11 is 0. The van der Waals surface area contributed by atoms with E-state index in [4.69, 9.17) is 4.74 Å². The second-order valence-corrected chi connectivity index (χ2v) is 7.88. The number of aromatic nitrogens is 1. The first kappa shape index (κ1) is 21.9. The Balaban J connectivity index is 1.57. The maximum absolute atomic E-state index is 13.1. The van der Waals surface area contributed by atoms with Crippen LogP contribution in [0, 0.1) is 5.82 Å². The second-order valence-electron chi connectivity index (χ2n) is 7.88. The number of ether oxygens (including phenoxy) is 1. The molecule has 2 amide bonds. The molecule has 1 saturated carbocycles. The van der Waals surface area contributed by atoms with Gasteiger partial charge in [-0.25, -0.2) is 9.18 Å². The van der Waals surface area contributed by atoms with Crippen LogP contribution in [-0.4, -0.2) is 28.7 Å². The Kier molecular flexibility index (Phi) is 7.49. The third-order valence-corrected chi connectivity index (χ3v) is 5.60. The van der Waals surface area contributed by atoms with E-state index in [2.05, 4.69) is 10.6 Å². The Morgan fingerprint density at radius 3 is 2.57 bits per heavy atom. The first-order chi connectivity index (χ1) is 14.5. The zero-order valence-corrected chi connectivity index (χ0v) is 17.5. The van der Waals surface area contributed by atoms with Crippen LogP contribution in [0.2, 0.25) is 0 Å². The van der Waals surface area contributed by atoms with Crippen LogP contribution in [0.5, 0.6) is 0 Å². The largest absolute Gasteiger partial charge is 0.466 e. The van der Waals surface area contributed by atoms with Gasteiger partial charge in [0.15, 0.2) is 0 Å². The minimum absolute atomic E-state index is 0.204. The van der Waals surface area contributed by atoms with Gasteiger partial charge in [0.2, 0.25) is 0 Å². The molecule has 3 rings (SSSR count). The van der Waals surface area contributed by atoms with Crippen molar-refractivity contribution in [1.82, 2.24) is 15.2 Å². The van der Waals surface area contributed by atoms with Crippen LogP contribution in [0.25, 0.3) is 0 Å². The smallest absolute Gasteiger partial charge is 0.315 e. The summed E-state index contributed by atoms with van der Waals surface area (Å²) in [5.74, 6) is -0.530. The summed E-state index contributed by atoms with van der Waals surface area (Å²) in [6, 6.07) is 9.97. The van der Waals surface area contributed by atoms with E-state index in [0.29, 0.717) is 19.7 Å². The van der Waals surface area contributed by atoms with Crippen LogP contribution in [0.15, 0.2) is 42.6 Å². The number of amides is 2. The quantitative estimate of drug-likeness (QED) is 0.637. The van der Waals surface area contributed by atoms with E-state index in [0.717, 1.165) is 43.4 Å². The molecule has 6 nitrogen and oxygen atoms in total. The van der Waals surface area contributed by atoms with E-state index in [1.54, 1.807) is 19.1 Å². The third kappa shape index (κ3) is 6.08. The maximum Gasteiger partial charge on any atom is 0.315 e. The highest BCUT2D eigenvalue weighted by atomic mass is 19.1. The van der Waals surface area contributed by atoms with Gasteiger partial charge in [0.1, 0.15) is 5.82 Å². The number of benzene rings is 1. The van der Waals surface area contributed by atoms with Crippen molar-refractivity contribution in [3.63, 3.8) is 0 Å². The molecule has 1 fully saturated rings. The Bertz CT molecular complexity index is 842. The Hall–Kier alpha value is -2.83. The number of esters is 1. The molecule has 0 saturated heterocycles. The highest BCUT2D eigenvalue weighted by molar-refractivity contribution is 5.77. The Morgan fingerprint density at radius 2 is 1.87 bits per heavy atom. The number of carbonyl (C=O) groups excluding carboxylic acids is 2. The lowest BCUT2D eigenvalue weighted by atomic mass is 9.79. The fourth-order valence-electron chi connectivity index (χ4n) is 4.07. The van der Waals surface area contributed by atoms with Crippen molar-refractivity contribution in [1.29, 1.82) is 0 Å². The molecule has 1 aliphatic carbocycles. The molecule has 0 aliphatic heterocycles. The molecular formula is C23H30FN3O3. The lowest BCUT2D eigenvalue weighted by Crippen LogP contribution is -2.54. The van der Waals surface area contributed by atoms with Crippen molar-refractivity contribution in [3.8, 4) is 0 Å². The minimum Gasteiger partial charge on any atom is -0.466 e. The van der Waals surface area contributed by atoms with Gasteiger partial charge >= 0.3 is 12.0 Å². The highest BCUT2D eigenvalue weighted by Crippen LogP contribution is 2.31. The molecule has 0 unspecified atom stereocenters. The van der Waals surface area contributed by atoms with Gasteiger partial charge in [-0.3, -0.25) is 4.79 Å². The topological polar surface area (TPSA) is 72.4 Å². The van der Waals surface area contributed by atoms with Crippen LogP contribution >= 0.6 is 0 Å². The van der Waals surface area contributed by atoms with Crippen LogP contribution in [0.3, 0.4) is 0 Å². The molecule has 0 radical (unpaired) electrons. The maximum atomic E-state index is 13.1. The van der Waals surface area contributed by atoms with Crippen LogP contribution in [0.1, 0.15) is 56.7 Å². The summed E-state index contributed by atoms with van der Waals surface area (Å²) in [6.45, 7) is 3.08. The SMILES string of the molecule is CCOC(=O)CC1(NC(=O)NCc2cccn2Cc2ccc(F)cc2)CCCCC1. The number of hydrogen-bond acceptors (Lipinski definition) is 3. The van der Waals surface area contributed by atoms with Crippen LogP contribution < -0.4 is 10.6 Å². The van der Waals surface area contributed by atoms with E-state index in [9.17, 15) is 14.0 Å². The summed E-state index contributed by atoms with van der Waals surface area (Å²) in [5.41, 5.74) is 1.39. The molecule has 162 valence electrons. The number of nitrogens with zero attached hydrogens (tertiary/aromatic N) is 1. The standard InChI is InChI=1S/C23H30FN3O3/c1-2-30-21(28)15-23(12-4-3-5-13-23)26-22(29)25-16-20-7-6-14-27(20)17-18-8-10-19(24)11-9-18/h6-11,14H,2-5,12-13,15-17H2,1H3,(H2,25,26,29). The average molecular weight is 416 g/mol. The number of urea groups is 1. The number of rotatable bonds is 8. The molecule has 2 aromatic rings. The normalized spacial score (nSPS) is 15.4. The van der Waals surface area contributed by atoms with Crippen LogP contribution in [-0.2, 0) is 22.6 Å². The predicted octanol–water partition coefficient (Wildman–Crippen LogP) is 4.13. The lowest BCUT2D eigenvalue weighted by molar-refractivity contribution is -0.145. The lowest BCUT2D eigenvalue weighted by Gasteiger charge is -2.37. The molecule has 1 aromatic carbocycles. The number of carbonyl (C=O) groups is 2. The van der Waals surface area contributed by atoms with Crippen molar-refractivity contribution >= 4 is 12.0 Å². The Labute approximate surface area is 176 Å². The van der Waals surface area contributed by atoms with E-state index in [-0.39, 0.29) is 24.2 Å². The number of halogens is 1. The molecule has 30 heavy (non-hydrogen) atoms. The highest BCUT2D eigenvalue weighted by Gasteiger charge is 2.36. The van der Waals surface area contributed by atoms with Gasteiger partial charge in [0.25, 0.3) is 0 Å². The molecule has 0 spiro atoms. The second kappa shape index (κ2) is 10.3. The average Bonchev–Trinajstić information content (AvgIpc) is 3.16. The molecule has 7 heteroatoms. The van der Waals surface area contributed by atoms with Gasteiger partial charge in [0, 0.05) is 18.4 Å². The zero-order chi connectivity index (χ0) is 21.4. The molecule has 0 bridgehead atoms. The monoisotopic (exact) mass is 415 g/mol. The van der Waals surface area contributed by atoms with Crippen molar-refractivity contribution in [2.24, 2.45) is 0 Å². The first-order valence-corrected chi connectivity index (χ1v) is 10.6. The van der Waals surface area contributed by atoms with Gasteiger partial charge in [-0.15, -0.1) is 0 Å². The van der Waals surface area contributed by atoms with Gasteiger partial charge in [-0.05, 0) is 49.6 Å². The summed E-state index contributed by atoms with van der Waals surface area (Å²) in [7, 11) is 0. The molecule has 0 atom stereocenters. The molecule has 1 heterocycles. The van der Waals surface area contributed by atoms with Crippen LogP contribution in [0.4, 0.5) is 9.18 Å². The number of hydrogen-bond donors (Lipinski definition) is 2. The van der Waals surface area contributed by atoms with Crippen molar-refractivity contribution in [2.75, 3.05) is 6.61 Å². The van der Waals surface area contributed by atoms with Gasteiger partial charge in [-0.2, -0.15) is 0 Å². The minimum atomic E-state index is -0.537. The molecule has 2 N–H and O–H groups in total. The van der Waals surface area contributed by atoms with Crippen molar-refractivity contribution < 1.29 is 18.7 Å². The van der Waals surface area contributed by atoms with E-state index in [1.165, 1.54) is 12.1 Å². The van der Waals surface area contributed by atoms with E-state index < -0.39 is 5.54 Å². The van der Waals surface area contributed by atoms with Gasteiger partial charge in [0.05, 0.1) is 25.1 Å². The first-order valence-electron chi connectivity index (χ1n) is 10.6. The van der Waals surface area contributed by atoms with Gasteiger partial charge in [-0.1, -0.05) is 31.4 Å². The number of nitrogens with one attached hydrogen (secondary N) is 2. The van der Waals surface area contributed by atoms with E-state index >= 15 is 0 Å². The summed E-state index contributed by atoms with van der Waals surface area (Å²) in [6.07, 6.45) is 6.78. The van der Waals surface area contributed by atoms with Gasteiger partial charge < -0.3 is 19.9 Å². The third-order valence-electron chi connectivity index (χ3n) is 5.60. The fraction of sp³-hybridized carbons (Fsp3) is 0.478. The predicted molar refractivity (Wildman–Crippen MR) is 112 cm³/mol.